The molecule has 1 saturated heterocycles. The van der Waals surface area contributed by atoms with E-state index in [-0.39, 0.29) is 0 Å². The van der Waals surface area contributed by atoms with E-state index in [0.717, 1.165) is 11.5 Å². The highest BCUT2D eigenvalue weighted by Gasteiger charge is 2.13. The summed E-state index contributed by atoms with van der Waals surface area (Å²) in [6.45, 7) is 0. The van der Waals surface area contributed by atoms with Crippen LogP contribution in [0.4, 0.5) is 11.5 Å². The van der Waals surface area contributed by atoms with Gasteiger partial charge < -0.3 is 10.2 Å². The van der Waals surface area contributed by atoms with E-state index in [4.69, 9.17) is 0 Å². The summed E-state index contributed by atoms with van der Waals surface area (Å²) in [5, 5.41) is 3.50. The minimum absolute atomic E-state index is 0.610. The van der Waals surface area contributed by atoms with Crippen molar-refractivity contribution in [1.29, 1.82) is 0 Å². The average Bonchev–Trinajstić information content (AvgIpc) is 2.31. The molecular weight excluding hydrogens is 218 g/mol. The van der Waals surface area contributed by atoms with Crippen molar-refractivity contribution in [3.8, 4) is 0 Å². The van der Waals surface area contributed by atoms with Gasteiger partial charge in [0.25, 0.3) is 0 Å². The maximum absolute atomic E-state index is 4.43. The third-order valence-corrected chi connectivity index (χ3v) is 3.89. The largest absolute Gasteiger partial charge is 0.376 e. The van der Waals surface area contributed by atoms with Crippen LogP contribution in [0.5, 0.6) is 0 Å². The van der Waals surface area contributed by atoms with Gasteiger partial charge in [0.15, 0.2) is 0 Å². The van der Waals surface area contributed by atoms with Crippen LogP contribution in [-0.2, 0) is 0 Å². The lowest BCUT2D eigenvalue weighted by atomic mass is 10.1. The molecule has 0 aromatic carbocycles. The zero-order valence-electron chi connectivity index (χ0n) is 9.94. The highest BCUT2D eigenvalue weighted by Crippen LogP contribution is 2.20. The van der Waals surface area contributed by atoms with Crippen LogP contribution < -0.4 is 10.2 Å². The Morgan fingerprint density at radius 1 is 1.31 bits per heavy atom. The molecule has 0 spiro atoms. The lowest BCUT2D eigenvalue weighted by molar-refractivity contribution is 0.664. The summed E-state index contributed by atoms with van der Waals surface area (Å²) in [7, 11) is 4.06. The molecule has 1 aromatic rings. The first-order valence-electron chi connectivity index (χ1n) is 5.73. The SMILES string of the molecule is CN(C)c1ccc(NC2CCSCC2)nc1. The van der Waals surface area contributed by atoms with Gasteiger partial charge in [0.2, 0.25) is 0 Å². The molecule has 88 valence electrons. The van der Waals surface area contributed by atoms with Gasteiger partial charge in [0.1, 0.15) is 5.82 Å². The normalized spacial score (nSPS) is 17.1. The van der Waals surface area contributed by atoms with Crippen LogP contribution >= 0.6 is 11.8 Å². The van der Waals surface area contributed by atoms with Crippen molar-refractivity contribution in [3.05, 3.63) is 18.3 Å². The number of hydrogen-bond donors (Lipinski definition) is 1. The molecule has 0 radical (unpaired) electrons. The summed E-state index contributed by atoms with van der Waals surface area (Å²) in [5.74, 6) is 3.54. The predicted octanol–water partition coefficient (Wildman–Crippen LogP) is 2.46. The maximum Gasteiger partial charge on any atom is 0.126 e. The maximum atomic E-state index is 4.43. The van der Waals surface area contributed by atoms with Crippen molar-refractivity contribution in [2.24, 2.45) is 0 Å². The van der Waals surface area contributed by atoms with E-state index in [9.17, 15) is 0 Å². The number of hydrogen-bond acceptors (Lipinski definition) is 4. The number of rotatable bonds is 3. The van der Waals surface area contributed by atoms with Crippen molar-refractivity contribution in [3.63, 3.8) is 0 Å². The van der Waals surface area contributed by atoms with Gasteiger partial charge in [0.05, 0.1) is 11.9 Å². The van der Waals surface area contributed by atoms with E-state index in [1.54, 1.807) is 0 Å². The van der Waals surface area contributed by atoms with E-state index >= 15 is 0 Å². The second-order valence-electron chi connectivity index (χ2n) is 4.33. The van der Waals surface area contributed by atoms with Gasteiger partial charge >= 0.3 is 0 Å². The second kappa shape index (κ2) is 5.43. The molecule has 0 aliphatic carbocycles. The van der Waals surface area contributed by atoms with Crippen LogP contribution in [0.2, 0.25) is 0 Å². The molecule has 1 aromatic heterocycles. The van der Waals surface area contributed by atoms with E-state index in [0.29, 0.717) is 6.04 Å². The first-order chi connectivity index (χ1) is 7.75. The third kappa shape index (κ3) is 3.04. The Labute approximate surface area is 102 Å². The van der Waals surface area contributed by atoms with E-state index in [1.165, 1.54) is 24.3 Å². The molecule has 1 aliphatic rings. The number of aromatic nitrogens is 1. The first-order valence-corrected chi connectivity index (χ1v) is 6.89. The molecule has 0 atom stereocenters. The summed E-state index contributed by atoms with van der Waals surface area (Å²) in [6, 6.07) is 4.78. The van der Waals surface area contributed by atoms with E-state index in [2.05, 4.69) is 27.3 Å². The van der Waals surface area contributed by atoms with Gasteiger partial charge in [-0.15, -0.1) is 0 Å². The molecular formula is C12H19N3S. The van der Waals surface area contributed by atoms with Gasteiger partial charge in [-0.3, -0.25) is 0 Å². The number of anilines is 2. The van der Waals surface area contributed by atoms with Crippen molar-refractivity contribution in [2.75, 3.05) is 35.8 Å². The smallest absolute Gasteiger partial charge is 0.126 e. The van der Waals surface area contributed by atoms with E-state index < -0.39 is 0 Å². The lowest BCUT2D eigenvalue weighted by Crippen LogP contribution is -2.24. The summed E-state index contributed by atoms with van der Waals surface area (Å²) in [4.78, 5) is 6.50. The molecule has 2 rings (SSSR count). The fourth-order valence-corrected chi connectivity index (χ4v) is 2.89. The quantitative estimate of drug-likeness (QED) is 0.874. The Bertz CT molecular complexity index is 318. The lowest BCUT2D eigenvalue weighted by Gasteiger charge is -2.23. The van der Waals surface area contributed by atoms with Crippen molar-refractivity contribution < 1.29 is 0 Å². The van der Waals surface area contributed by atoms with Gasteiger partial charge in [-0.1, -0.05) is 0 Å². The molecule has 1 N–H and O–H groups in total. The first kappa shape index (κ1) is 11.6. The minimum atomic E-state index is 0.610. The number of nitrogens with zero attached hydrogens (tertiary/aromatic N) is 2. The molecule has 4 heteroatoms. The van der Waals surface area contributed by atoms with Crippen LogP contribution in [0.1, 0.15) is 12.8 Å². The standard InChI is InChI=1S/C12H19N3S/c1-15(2)11-3-4-12(13-9-11)14-10-5-7-16-8-6-10/h3-4,9-10H,5-8H2,1-2H3,(H,13,14). The Kier molecular flexibility index (Phi) is 3.93. The van der Waals surface area contributed by atoms with Gasteiger partial charge in [-0.25, -0.2) is 4.98 Å². The highest BCUT2D eigenvalue weighted by molar-refractivity contribution is 7.99. The van der Waals surface area contributed by atoms with Gasteiger partial charge in [-0.2, -0.15) is 11.8 Å². The summed E-state index contributed by atoms with van der Waals surface area (Å²) in [6.07, 6.45) is 4.42. The second-order valence-corrected chi connectivity index (χ2v) is 5.55. The number of nitrogens with one attached hydrogen (secondary N) is 1. The molecule has 0 saturated carbocycles. The number of thioether (sulfide) groups is 1. The van der Waals surface area contributed by atoms with Gasteiger partial charge in [0, 0.05) is 20.1 Å². The van der Waals surface area contributed by atoms with Crippen LogP contribution in [0.3, 0.4) is 0 Å². The summed E-state index contributed by atoms with van der Waals surface area (Å²) < 4.78 is 0. The predicted molar refractivity (Wildman–Crippen MR) is 72.5 cm³/mol. The molecule has 3 nitrogen and oxygen atoms in total. The summed E-state index contributed by atoms with van der Waals surface area (Å²) >= 11 is 2.05. The molecule has 0 unspecified atom stereocenters. The molecule has 1 aliphatic heterocycles. The monoisotopic (exact) mass is 237 g/mol. The molecule has 2 heterocycles. The van der Waals surface area contributed by atoms with Crippen molar-refractivity contribution >= 4 is 23.3 Å². The molecule has 1 fully saturated rings. The van der Waals surface area contributed by atoms with Crippen molar-refractivity contribution in [1.82, 2.24) is 4.98 Å². The van der Waals surface area contributed by atoms with Crippen LogP contribution in [-0.4, -0.2) is 36.6 Å². The third-order valence-electron chi connectivity index (χ3n) is 2.84. The topological polar surface area (TPSA) is 28.2 Å². The Morgan fingerprint density at radius 2 is 2.06 bits per heavy atom. The zero-order valence-corrected chi connectivity index (χ0v) is 10.8. The fraction of sp³-hybridized carbons (Fsp3) is 0.583. The molecule has 16 heavy (non-hydrogen) atoms. The molecule has 0 bridgehead atoms. The summed E-state index contributed by atoms with van der Waals surface area (Å²) in [5.41, 5.74) is 1.14. The Morgan fingerprint density at radius 3 is 2.62 bits per heavy atom. The van der Waals surface area contributed by atoms with E-state index in [1.807, 2.05) is 32.1 Å². The highest BCUT2D eigenvalue weighted by atomic mass is 32.2. The minimum Gasteiger partial charge on any atom is -0.376 e. The number of pyridine rings is 1. The Balaban J connectivity index is 1.93. The zero-order chi connectivity index (χ0) is 11.4. The van der Waals surface area contributed by atoms with Crippen LogP contribution in [0.25, 0.3) is 0 Å². The average molecular weight is 237 g/mol. The van der Waals surface area contributed by atoms with Gasteiger partial charge in [-0.05, 0) is 36.5 Å². The Hall–Kier alpha value is -0.900. The van der Waals surface area contributed by atoms with Crippen LogP contribution in [0, 0.1) is 0 Å². The van der Waals surface area contributed by atoms with Crippen LogP contribution in [0.15, 0.2) is 18.3 Å². The molecule has 0 amide bonds. The fourth-order valence-electron chi connectivity index (χ4n) is 1.79. The van der Waals surface area contributed by atoms with Crippen molar-refractivity contribution in [2.45, 2.75) is 18.9 Å².